The van der Waals surface area contributed by atoms with E-state index in [9.17, 15) is 13.2 Å². The van der Waals surface area contributed by atoms with Gasteiger partial charge >= 0.3 is 0 Å². The zero-order chi connectivity index (χ0) is 30.4. The molecule has 1 heterocycles. The molecule has 1 amide bonds. The van der Waals surface area contributed by atoms with E-state index in [0.29, 0.717) is 24.8 Å². The van der Waals surface area contributed by atoms with Crippen molar-refractivity contribution in [1.82, 2.24) is 9.29 Å². The van der Waals surface area contributed by atoms with E-state index in [2.05, 4.69) is 26.0 Å². The Kier molecular flexibility index (Phi) is 10.5. The summed E-state index contributed by atoms with van der Waals surface area (Å²) in [5.41, 5.74) is 1.80. The summed E-state index contributed by atoms with van der Waals surface area (Å²) in [6.45, 7) is 11.3. The lowest BCUT2D eigenvalue weighted by Gasteiger charge is -2.25. The van der Waals surface area contributed by atoms with Gasteiger partial charge in [-0.05, 0) is 91.1 Å². The number of carbonyl (C=O) groups excluding carboxylic acids is 1. The third kappa shape index (κ3) is 7.83. The Bertz CT molecular complexity index is 1640. The van der Waals surface area contributed by atoms with Gasteiger partial charge in [0.25, 0.3) is 5.91 Å². The summed E-state index contributed by atoms with van der Waals surface area (Å²) >= 11 is 4.82. The van der Waals surface area contributed by atoms with Crippen molar-refractivity contribution >= 4 is 64.8 Å². The summed E-state index contributed by atoms with van der Waals surface area (Å²) in [5.74, 6) is 0.668. The van der Waals surface area contributed by atoms with E-state index in [-0.39, 0.29) is 22.3 Å². The maximum Gasteiger partial charge on any atom is 0.280 e. The van der Waals surface area contributed by atoms with Crippen LogP contribution in [-0.4, -0.2) is 49.5 Å². The monoisotopic (exact) mass is 670 g/mol. The first-order chi connectivity index (χ1) is 20.0. The second-order valence-electron chi connectivity index (χ2n) is 10.6. The largest absolute Gasteiger partial charge is 0.494 e. The van der Waals surface area contributed by atoms with Crippen molar-refractivity contribution < 1.29 is 17.9 Å². The summed E-state index contributed by atoms with van der Waals surface area (Å²) in [5, 5.41) is 6.17. The van der Waals surface area contributed by atoms with Crippen molar-refractivity contribution in [3.63, 3.8) is 0 Å². The molecule has 0 aliphatic rings. The summed E-state index contributed by atoms with van der Waals surface area (Å²) in [7, 11) is -3.73. The molecule has 222 valence electrons. The summed E-state index contributed by atoms with van der Waals surface area (Å²) < 4.78 is 35.8. The predicted octanol–water partition coefficient (Wildman–Crippen LogP) is 7.44. The van der Waals surface area contributed by atoms with Gasteiger partial charge in [0.1, 0.15) is 5.75 Å². The van der Waals surface area contributed by atoms with Crippen LogP contribution in [0.25, 0.3) is 10.2 Å². The Balaban J connectivity index is 1.67. The molecule has 0 radical (unpaired) electrons. The fourth-order valence-electron chi connectivity index (χ4n) is 4.23. The van der Waals surface area contributed by atoms with Gasteiger partial charge in [0.05, 0.1) is 27.9 Å². The molecule has 0 fully saturated rings. The minimum atomic E-state index is -3.73. The van der Waals surface area contributed by atoms with E-state index in [1.807, 2.05) is 77.1 Å². The zero-order valence-electron chi connectivity index (χ0n) is 24.3. The highest BCUT2D eigenvalue weighted by Gasteiger charge is 2.27. The Labute approximate surface area is 260 Å². The lowest BCUT2D eigenvalue weighted by molar-refractivity contribution is 0.0987. The Morgan fingerprint density at radius 3 is 2.24 bits per heavy atom. The number of hydrogen-bond acceptors (Lipinski definition) is 7. The number of anilines is 1. The van der Waals surface area contributed by atoms with Crippen LogP contribution in [0.3, 0.4) is 0 Å². The highest BCUT2D eigenvalue weighted by atomic mass is 79.9. The van der Waals surface area contributed by atoms with Gasteiger partial charge < -0.3 is 4.74 Å². The topological polar surface area (TPSA) is 92.2 Å². The normalized spacial score (nSPS) is 12.2. The molecule has 0 aliphatic carbocycles. The van der Waals surface area contributed by atoms with Gasteiger partial charge in [0, 0.05) is 23.1 Å². The standard InChI is InChI=1S/C31H35BrN4O4S2/c1-6-40-26-12-7-23(8-13-26)18-33-36(31-34-28-16-11-25(32)17-29(28)41-31)30(37)24-9-14-27(15-10-24)42(38,39)35(19-21(2)3)20-22(4)5/h7-18,21-22H,6,19-20H2,1-5H3/b33-18+. The number of aromatic nitrogens is 1. The van der Waals surface area contributed by atoms with Crippen LogP contribution in [0.4, 0.5) is 5.13 Å². The van der Waals surface area contributed by atoms with Gasteiger partial charge in [-0.15, -0.1) is 0 Å². The van der Waals surface area contributed by atoms with E-state index < -0.39 is 15.9 Å². The molecule has 42 heavy (non-hydrogen) atoms. The molecule has 0 saturated heterocycles. The molecule has 4 rings (SSSR count). The number of ether oxygens (including phenoxy) is 1. The van der Waals surface area contributed by atoms with Crippen LogP contribution in [0.5, 0.6) is 5.75 Å². The predicted molar refractivity (Wildman–Crippen MR) is 174 cm³/mol. The van der Waals surface area contributed by atoms with Crippen LogP contribution < -0.4 is 9.75 Å². The SMILES string of the molecule is CCOc1ccc(/C=N/N(C(=O)c2ccc(S(=O)(=O)N(CC(C)C)CC(C)C)cc2)c2nc3ccc(Br)cc3s2)cc1. The maximum atomic E-state index is 13.8. The van der Waals surface area contributed by atoms with E-state index >= 15 is 0 Å². The van der Waals surface area contributed by atoms with Crippen LogP contribution in [0.15, 0.2) is 81.2 Å². The van der Waals surface area contributed by atoms with E-state index in [0.717, 1.165) is 26.0 Å². The molecule has 0 unspecified atom stereocenters. The minimum absolute atomic E-state index is 0.148. The molecule has 0 saturated carbocycles. The van der Waals surface area contributed by atoms with Crippen molar-refractivity contribution in [2.75, 3.05) is 24.7 Å². The first-order valence-electron chi connectivity index (χ1n) is 13.8. The zero-order valence-corrected chi connectivity index (χ0v) is 27.5. The average molecular weight is 672 g/mol. The first kappa shape index (κ1) is 31.8. The molecule has 11 heteroatoms. The van der Waals surface area contributed by atoms with Crippen LogP contribution in [-0.2, 0) is 10.0 Å². The first-order valence-corrected chi connectivity index (χ1v) is 16.8. The summed E-state index contributed by atoms with van der Waals surface area (Å²) in [6.07, 6.45) is 1.59. The van der Waals surface area contributed by atoms with Crippen molar-refractivity contribution in [3.05, 3.63) is 82.3 Å². The van der Waals surface area contributed by atoms with Gasteiger partial charge in [-0.2, -0.15) is 14.4 Å². The summed E-state index contributed by atoms with van der Waals surface area (Å²) in [4.78, 5) is 18.6. The molecule has 3 aromatic carbocycles. The van der Waals surface area contributed by atoms with Crippen molar-refractivity contribution in [1.29, 1.82) is 0 Å². The second-order valence-corrected chi connectivity index (χ2v) is 14.5. The lowest BCUT2D eigenvalue weighted by Crippen LogP contribution is -2.37. The van der Waals surface area contributed by atoms with Gasteiger partial charge in [-0.1, -0.05) is 55.0 Å². The number of rotatable bonds is 12. The minimum Gasteiger partial charge on any atom is -0.494 e. The van der Waals surface area contributed by atoms with Crippen LogP contribution in [0.1, 0.15) is 50.5 Å². The molecule has 4 aromatic rings. The lowest BCUT2D eigenvalue weighted by atomic mass is 10.2. The Morgan fingerprint density at radius 2 is 1.64 bits per heavy atom. The van der Waals surface area contributed by atoms with E-state index in [1.165, 1.54) is 44.9 Å². The van der Waals surface area contributed by atoms with E-state index in [4.69, 9.17) is 4.74 Å². The number of halogens is 1. The van der Waals surface area contributed by atoms with Crippen molar-refractivity contribution in [3.8, 4) is 5.75 Å². The van der Waals surface area contributed by atoms with Crippen LogP contribution in [0.2, 0.25) is 0 Å². The maximum absolute atomic E-state index is 13.8. The molecule has 0 atom stereocenters. The third-order valence-corrected chi connectivity index (χ3v) is 9.44. The van der Waals surface area contributed by atoms with Gasteiger partial charge in [-0.25, -0.2) is 13.4 Å². The fourth-order valence-corrected chi connectivity index (χ4v) is 7.47. The number of sulfonamides is 1. The molecular weight excluding hydrogens is 636 g/mol. The van der Waals surface area contributed by atoms with Gasteiger partial charge in [-0.3, -0.25) is 4.79 Å². The third-order valence-electron chi connectivity index (χ3n) is 6.10. The molecule has 0 aliphatic heterocycles. The number of thiazole rings is 1. The van der Waals surface area contributed by atoms with Crippen molar-refractivity contribution in [2.24, 2.45) is 16.9 Å². The van der Waals surface area contributed by atoms with Gasteiger partial charge in [0.2, 0.25) is 15.2 Å². The van der Waals surface area contributed by atoms with Crippen molar-refractivity contribution in [2.45, 2.75) is 39.5 Å². The molecule has 0 spiro atoms. The molecule has 0 N–H and O–H groups in total. The van der Waals surface area contributed by atoms with E-state index in [1.54, 1.807) is 6.21 Å². The number of benzene rings is 3. The van der Waals surface area contributed by atoms with Crippen LogP contribution >= 0.6 is 27.3 Å². The fraction of sp³-hybridized carbons (Fsp3) is 0.323. The summed E-state index contributed by atoms with van der Waals surface area (Å²) in [6, 6.07) is 19.1. The smallest absolute Gasteiger partial charge is 0.280 e. The number of amides is 1. The highest BCUT2D eigenvalue weighted by molar-refractivity contribution is 9.10. The highest BCUT2D eigenvalue weighted by Crippen LogP contribution is 2.32. The molecule has 8 nitrogen and oxygen atoms in total. The second kappa shape index (κ2) is 13.9. The number of carbonyl (C=O) groups is 1. The quantitative estimate of drug-likeness (QED) is 0.115. The average Bonchev–Trinajstić information content (AvgIpc) is 3.36. The molecular formula is C31H35BrN4O4S2. The van der Waals surface area contributed by atoms with Gasteiger partial charge in [0.15, 0.2) is 0 Å². The Hall–Kier alpha value is -3.12. The Morgan fingerprint density at radius 1 is 1.00 bits per heavy atom. The molecule has 1 aromatic heterocycles. The number of fused-ring (bicyclic) bond motifs is 1. The van der Waals surface area contributed by atoms with Crippen LogP contribution in [0, 0.1) is 11.8 Å². The number of hydrogen-bond donors (Lipinski definition) is 0. The number of hydrazone groups is 1. The molecule has 0 bridgehead atoms. The number of nitrogens with zero attached hydrogens (tertiary/aromatic N) is 4.